The quantitative estimate of drug-likeness (QED) is 0.794. The summed E-state index contributed by atoms with van der Waals surface area (Å²) in [5.41, 5.74) is 9.03. The van der Waals surface area contributed by atoms with Gasteiger partial charge in [-0.05, 0) is 29.3 Å². The summed E-state index contributed by atoms with van der Waals surface area (Å²) in [4.78, 5) is 11.4. The van der Waals surface area contributed by atoms with E-state index >= 15 is 0 Å². The van der Waals surface area contributed by atoms with Gasteiger partial charge in [-0.25, -0.2) is 0 Å². The molecule has 3 nitrogen and oxygen atoms in total. The highest BCUT2D eigenvalue weighted by atomic mass is 35.5. The van der Waals surface area contributed by atoms with Crippen LogP contribution in [0.1, 0.15) is 17.0 Å². The standard InChI is InChI=1S/C17H19ClN2OS/c1-20-17(21)11-22-10-15(12-5-3-2-4-6-12)14-9-13(18)7-8-16(14)19/h2-9,15H,10-11,19H2,1H3,(H,20,21). The SMILES string of the molecule is CNC(=O)CSCC(c1ccccc1)c1cc(Cl)ccc1N. The van der Waals surface area contributed by atoms with Gasteiger partial charge >= 0.3 is 0 Å². The predicted octanol–water partition coefficient (Wildman–Crippen LogP) is 3.53. The number of nitrogens with one attached hydrogen (secondary N) is 1. The van der Waals surface area contributed by atoms with Crippen molar-refractivity contribution < 1.29 is 4.79 Å². The average molecular weight is 335 g/mol. The second-order valence-electron chi connectivity index (χ2n) is 4.92. The minimum atomic E-state index is 0.0240. The monoisotopic (exact) mass is 334 g/mol. The fourth-order valence-electron chi connectivity index (χ4n) is 2.24. The van der Waals surface area contributed by atoms with Crippen LogP contribution in [-0.2, 0) is 4.79 Å². The molecule has 0 radical (unpaired) electrons. The van der Waals surface area contributed by atoms with E-state index in [2.05, 4.69) is 17.4 Å². The molecule has 3 N–H and O–H groups in total. The van der Waals surface area contributed by atoms with E-state index in [-0.39, 0.29) is 11.8 Å². The fourth-order valence-corrected chi connectivity index (χ4v) is 3.48. The van der Waals surface area contributed by atoms with Crippen molar-refractivity contribution in [1.29, 1.82) is 0 Å². The normalized spacial score (nSPS) is 11.9. The summed E-state index contributed by atoms with van der Waals surface area (Å²) in [6.07, 6.45) is 0. The van der Waals surface area contributed by atoms with Gasteiger partial charge in [0.25, 0.3) is 0 Å². The van der Waals surface area contributed by atoms with E-state index in [1.54, 1.807) is 24.9 Å². The van der Waals surface area contributed by atoms with Crippen LogP contribution in [0.25, 0.3) is 0 Å². The van der Waals surface area contributed by atoms with Gasteiger partial charge in [0, 0.05) is 29.4 Å². The average Bonchev–Trinajstić information content (AvgIpc) is 2.54. The first-order valence-corrected chi connectivity index (χ1v) is 8.53. The van der Waals surface area contributed by atoms with Crippen LogP contribution < -0.4 is 11.1 Å². The summed E-state index contributed by atoms with van der Waals surface area (Å²) in [6.45, 7) is 0. The molecule has 0 fully saturated rings. The van der Waals surface area contributed by atoms with E-state index in [1.807, 2.05) is 30.3 Å². The molecule has 0 bridgehead atoms. The Labute approximate surface area is 140 Å². The van der Waals surface area contributed by atoms with Gasteiger partial charge in [0.1, 0.15) is 0 Å². The third kappa shape index (κ3) is 4.42. The van der Waals surface area contributed by atoms with E-state index < -0.39 is 0 Å². The number of thioether (sulfide) groups is 1. The van der Waals surface area contributed by atoms with E-state index in [0.29, 0.717) is 10.8 Å². The zero-order chi connectivity index (χ0) is 15.9. The molecule has 116 valence electrons. The Bertz CT molecular complexity index is 634. The lowest BCUT2D eigenvalue weighted by Gasteiger charge is -2.20. The second kappa shape index (κ2) is 8.11. The van der Waals surface area contributed by atoms with Crippen molar-refractivity contribution in [2.24, 2.45) is 0 Å². The molecule has 1 amide bonds. The lowest BCUT2D eigenvalue weighted by atomic mass is 9.92. The number of rotatable bonds is 6. The Morgan fingerprint density at radius 3 is 2.68 bits per heavy atom. The summed E-state index contributed by atoms with van der Waals surface area (Å²) in [7, 11) is 1.65. The molecule has 1 unspecified atom stereocenters. The number of halogens is 1. The fraction of sp³-hybridized carbons (Fsp3) is 0.235. The first-order valence-electron chi connectivity index (χ1n) is 7.00. The van der Waals surface area contributed by atoms with E-state index in [0.717, 1.165) is 17.0 Å². The van der Waals surface area contributed by atoms with Crippen LogP contribution >= 0.6 is 23.4 Å². The molecule has 0 aliphatic rings. The largest absolute Gasteiger partial charge is 0.398 e. The van der Waals surface area contributed by atoms with Crippen molar-refractivity contribution in [3.8, 4) is 0 Å². The summed E-state index contributed by atoms with van der Waals surface area (Å²) < 4.78 is 0. The summed E-state index contributed by atoms with van der Waals surface area (Å²) >= 11 is 7.72. The first-order chi connectivity index (χ1) is 10.6. The number of carbonyl (C=O) groups is 1. The maximum atomic E-state index is 11.4. The van der Waals surface area contributed by atoms with Gasteiger partial charge in [-0.2, -0.15) is 11.8 Å². The zero-order valence-corrected chi connectivity index (χ0v) is 14.0. The van der Waals surface area contributed by atoms with Crippen LogP contribution in [0.5, 0.6) is 0 Å². The molecule has 0 saturated carbocycles. The molecule has 2 rings (SSSR count). The van der Waals surface area contributed by atoms with Crippen LogP contribution in [0.4, 0.5) is 5.69 Å². The van der Waals surface area contributed by atoms with Crippen molar-refractivity contribution in [3.63, 3.8) is 0 Å². The van der Waals surface area contributed by atoms with E-state index in [9.17, 15) is 4.79 Å². The number of benzene rings is 2. The van der Waals surface area contributed by atoms with E-state index in [4.69, 9.17) is 17.3 Å². The van der Waals surface area contributed by atoms with Crippen LogP contribution in [0.15, 0.2) is 48.5 Å². The molecular weight excluding hydrogens is 316 g/mol. The summed E-state index contributed by atoms with van der Waals surface area (Å²) in [5, 5.41) is 3.30. The summed E-state index contributed by atoms with van der Waals surface area (Å²) in [5.74, 6) is 1.33. The van der Waals surface area contributed by atoms with Gasteiger partial charge in [-0.1, -0.05) is 41.9 Å². The Balaban J connectivity index is 2.25. The molecule has 0 saturated heterocycles. The van der Waals surface area contributed by atoms with Crippen molar-refractivity contribution in [2.45, 2.75) is 5.92 Å². The van der Waals surface area contributed by atoms with Crippen molar-refractivity contribution in [2.75, 3.05) is 24.3 Å². The number of hydrogen-bond donors (Lipinski definition) is 2. The van der Waals surface area contributed by atoms with Crippen LogP contribution in [-0.4, -0.2) is 24.5 Å². The minimum absolute atomic E-state index is 0.0240. The molecule has 5 heteroatoms. The Hall–Kier alpha value is -1.65. The molecule has 0 aromatic heterocycles. The number of anilines is 1. The lowest BCUT2D eigenvalue weighted by Crippen LogP contribution is -2.20. The van der Waals surface area contributed by atoms with Gasteiger partial charge in [-0.3, -0.25) is 4.79 Å². The Morgan fingerprint density at radius 2 is 2.00 bits per heavy atom. The van der Waals surface area contributed by atoms with Crippen molar-refractivity contribution in [3.05, 3.63) is 64.7 Å². The molecule has 22 heavy (non-hydrogen) atoms. The molecule has 0 aliphatic carbocycles. The van der Waals surface area contributed by atoms with Gasteiger partial charge < -0.3 is 11.1 Å². The third-order valence-electron chi connectivity index (χ3n) is 3.42. The number of nitrogen functional groups attached to an aromatic ring is 1. The molecule has 1 atom stereocenters. The number of hydrogen-bond acceptors (Lipinski definition) is 3. The first kappa shape index (κ1) is 16.7. The lowest BCUT2D eigenvalue weighted by molar-refractivity contribution is -0.118. The molecule has 0 aliphatic heterocycles. The topological polar surface area (TPSA) is 55.1 Å². The maximum absolute atomic E-state index is 11.4. The van der Waals surface area contributed by atoms with Gasteiger partial charge in [-0.15, -0.1) is 0 Å². The third-order valence-corrected chi connectivity index (χ3v) is 4.69. The van der Waals surface area contributed by atoms with Crippen molar-refractivity contribution >= 4 is 35.0 Å². The van der Waals surface area contributed by atoms with Crippen LogP contribution in [0.2, 0.25) is 5.02 Å². The molecular formula is C17H19ClN2OS. The number of carbonyl (C=O) groups excluding carboxylic acids is 1. The molecule has 0 spiro atoms. The highest BCUT2D eigenvalue weighted by Gasteiger charge is 2.17. The highest BCUT2D eigenvalue weighted by molar-refractivity contribution is 7.99. The van der Waals surface area contributed by atoms with E-state index in [1.165, 1.54) is 5.56 Å². The second-order valence-corrected chi connectivity index (χ2v) is 6.39. The molecule has 2 aromatic carbocycles. The smallest absolute Gasteiger partial charge is 0.229 e. The van der Waals surface area contributed by atoms with Crippen LogP contribution in [0, 0.1) is 0 Å². The maximum Gasteiger partial charge on any atom is 0.229 e. The van der Waals surface area contributed by atoms with Gasteiger partial charge in [0.2, 0.25) is 5.91 Å². The number of amides is 1. The Morgan fingerprint density at radius 1 is 1.27 bits per heavy atom. The Kier molecular flexibility index (Phi) is 6.16. The van der Waals surface area contributed by atoms with Crippen molar-refractivity contribution in [1.82, 2.24) is 5.32 Å². The zero-order valence-electron chi connectivity index (χ0n) is 12.4. The number of nitrogens with two attached hydrogens (primary N) is 1. The van der Waals surface area contributed by atoms with Gasteiger partial charge in [0.15, 0.2) is 0 Å². The van der Waals surface area contributed by atoms with Gasteiger partial charge in [0.05, 0.1) is 5.75 Å². The molecule has 2 aromatic rings. The highest BCUT2D eigenvalue weighted by Crippen LogP contribution is 2.33. The summed E-state index contributed by atoms with van der Waals surface area (Å²) in [6, 6.07) is 15.7. The minimum Gasteiger partial charge on any atom is -0.398 e. The molecule has 0 heterocycles. The van der Waals surface area contributed by atoms with Crippen LogP contribution in [0.3, 0.4) is 0 Å². The predicted molar refractivity (Wildman–Crippen MR) is 95.5 cm³/mol.